The highest BCUT2D eigenvalue weighted by Gasteiger charge is 2.42. The molecule has 0 radical (unpaired) electrons. The number of hydrogen-bond donors (Lipinski definition) is 1. The van der Waals surface area contributed by atoms with Crippen LogP contribution in [0.3, 0.4) is 0 Å². The molecule has 5 nitrogen and oxygen atoms in total. The highest BCUT2D eigenvalue weighted by Crippen LogP contribution is 2.46. The Morgan fingerprint density at radius 2 is 1.83 bits per heavy atom. The van der Waals surface area contributed by atoms with Crippen LogP contribution in [0.5, 0.6) is 5.75 Å². The summed E-state index contributed by atoms with van der Waals surface area (Å²) in [7, 11) is 0. The van der Waals surface area contributed by atoms with E-state index in [1.54, 1.807) is 0 Å². The van der Waals surface area contributed by atoms with E-state index in [-0.39, 0.29) is 23.7 Å². The smallest absolute Gasteiger partial charge is 0.407 e. The number of carbonyl (C=O) groups is 1. The van der Waals surface area contributed by atoms with Gasteiger partial charge >= 0.3 is 6.09 Å². The maximum atomic E-state index is 12.9. The number of halogens is 1. The van der Waals surface area contributed by atoms with E-state index in [0.717, 1.165) is 62.4 Å². The third-order valence-corrected chi connectivity index (χ3v) is 8.73. The molecule has 0 spiro atoms. The fourth-order valence-electron chi connectivity index (χ4n) is 6.13. The maximum Gasteiger partial charge on any atom is 0.407 e. The molecule has 1 saturated carbocycles. The van der Waals surface area contributed by atoms with Gasteiger partial charge in [0.2, 0.25) is 0 Å². The summed E-state index contributed by atoms with van der Waals surface area (Å²) in [5, 5.41) is 3.87. The van der Waals surface area contributed by atoms with Gasteiger partial charge in [0.25, 0.3) is 0 Å². The molecule has 2 atom stereocenters. The van der Waals surface area contributed by atoms with Crippen LogP contribution >= 0.6 is 11.6 Å². The van der Waals surface area contributed by atoms with Crippen LogP contribution in [0.1, 0.15) is 56.7 Å². The molecule has 2 aromatic carbocycles. The Bertz CT molecular complexity index is 1120. The van der Waals surface area contributed by atoms with Crippen molar-refractivity contribution in [3.8, 4) is 16.9 Å². The molecule has 0 aromatic heterocycles. The Morgan fingerprint density at radius 1 is 1.09 bits per heavy atom. The average Bonchev–Trinajstić information content (AvgIpc) is 3.63. The van der Waals surface area contributed by atoms with Crippen molar-refractivity contribution in [1.29, 1.82) is 0 Å². The lowest BCUT2D eigenvalue weighted by molar-refractivity contribution is -0.0348. The number of fused-ring (bicyclic) bond motifs is 4. The van der Waals surface area contributed by atoms with Crippen molar-refractivity contribution in [2.45, 2.75) is 58.1 Å². The van der Waals surface area contributed by atoms with Crippen LogP contribution in [0, 0.1) is 17.3 Å². The molecule has 35 heavy (non-hydrogen) atoms. The van der Waals surface area contributed by atoms with Gasteiger partial charge in [0.15, 0.2) is 0 Å². The third kappa shape index (κ3) is 4.77. The van der Waals surface area contributed by atoms with Crippen LogP contribution in [-0.2, 0) is 11.2 Å². The number of hydrogen-bond acceptors (Lipinski definition) is 4. The zero-order chi connectivity index (χ0) is 24.2. The van der Waals surface area contributed by atoms with Gasteiger partial charge in [0.1, 0.15) is 11.9 Å². The largest absolute Gasteiger partial charge is 0.492 e. The zero-order valence-corrected chi connectivity index (χ0v) is 21.4. The number of nitrogens with one attached hydrogen (secondary N) is 1. The normalized spacial score (nSPS) is 28.4. The molecule has 1 amide bonds. The Hall–Kier alpha value is -2.24. The Labute approximate surface area is 213 Å². The van der Waals surface area contributed by atoms with Gasteiger partial charge in [-0.25, -0.2) is 4.79 Å². The molecular weight excluding hydrogens is 460 g/mol. The Balaban J connectivity index is 1.16. The van der Waals surface area contributed by atoms with E-state index in [0.29, 0.717) is 16.9 Å². The van der Waals surface area contributed by atoms with Crippen molar-refractivity contribution in [3.05, 3.63) is 52.5 Å². The maximum absolute atomic E-state index is 12.9. The lowest BCUT2D eigenvalue weighted by Crippen LogP contribution is -2.53. The minimum absolute atomic E-state index is 0.0184. The topological polar surface area (TPSA) is 50.8 Å². The summed E-state index contributed by atoms with van der Waals surface area (Å²) in [5.41, 5.74) is 4.57. The molecule has 3 saturated heterocycles. The fraction of sp³-hybridized carbons (Fsp3) is 0.552. The standard InChI is InChI=1S/C29H35ClN2O3/c1-29(2)15-22-13-20(21-6-8-25(24(30)14-21)34-17-18-3-4-18)5-7-23(22)27(29)31-28(33)35-26-16-32-11-9-19(26)10-12-32/h5-8,13-14,18-19,26-27H,3-4,9-12,15-17H2,1-2H3,(H,31,33)/t26-,27-/m0/s1. The lowest BCUT2D eigenvalue weighted by Gasteiger charge is -2.44. The number of piperidine rings is 3. The van der Waals surface area contributed by atoms with Gasteiger partial charge in [0.05, 0.1) is 17.7 Å². The predicted octanol–water partition coefficient (Wildman–Crippen LogP) is 6.24. The summed E-state index contributed by atoms with van der Waals surface area (Å²) in [6.07, 6.45) is 5.42. The summed E-state index contributed by atoms with van der Waals surface area (Å²) in [6, 6.07) is 12.5. The quantitative estimate of drug-likeness (QED) is 0.516. The number of ether oxygens (including phenoxy) is 2. The van der Waals surface area contributed by atoms with Gasteiger partial charge in [-0.1, -0.05) is 49.7 Å². The molecule has 186 valence electrons. The highest BCUT2D eigenvalue weighted by molar-refractivity contribution is 6.32. The number of alkyl carbamates (subject to hydrolysis) is 1. The van der Waals surface area contributed by atoms with E-state index in [1.165, 1.54) is 24.0 Å². The molecule has 3 heterocycles. The molecule has 1 N–H and O–H groups in total. The summed E-state index contributed by atoms with van der Waals surface area (Å²) in [5.74, 6) is 1.96. The molecule has 3 aliphatic heterocycles. The monoisotopic (exact) mass is 494 g/mol. The average molecular weight is 495 g/mol. The van der Waals surface area contributed by atoms with E-state index in [4.69, 9.17) is 21.1 Å². The van der Waals surface area contributed by atoms with Gasteiger partial charge in [-0.05, 0) is 96.8 Å². The first-order valence-electron chi connectivity index (χ1n) is 13.1. The van der Waals surface area contributed by atoms with Gasteiger partial charge in [0, 0.05) is 6.54 Å². The second-order valence-corrected chi connectivity index (χ2v) is 12.0. The van der Waals surface area contributed by atoms with Crippen molar-refractivity contribution in [2.24, 2.45) is 17.3 Å². The molecule has 2 bridgehead atoms. The number of rotatable bonds is 6. The van der Waals surface area contributed by atoms with Crippen molar-refractivity contribution >= 4 is 17.7 Å². The predicted molar refractivity (Wildman–Crippen MR) is 138 cm³/mol. The molecule has 5 aliphatic rings. The van der Waals surface area contributed by atoms with Crippen LogP contribution in [0.2, 0.25) is 5.02 Å². The van der Waals surface area contributed by atoms with Crippen LogP contribution in [0.15, 0.2) is 36.4 Å². The molecule has 6 heteroatoms. The van der Waals surface area contributed by atoms with E-state index < -0.39 is 0 Å². The van der Waals surface area contributed by atoms with Gasteiger partial charge in [-0.2, -0.15) is 0 Å². The van der Waals surface area contributed by atoms with Crippen molar-refractivity contribution in [1.82, 2.24) is 10.2 Å². The van der Waals surface area contributed by atoms with E-state index >= 15 is 0 Å². The lowest BCUT2D eigenvalue weighted by atomic mass is 9.85. The van der Waals surface area contributed by atoms with Crippen molar-refractivity contribution < 1.29 is 14.3 Å². The van der Waals surface area contributed by atoms with Gasteiger partial charge < -0.3 is 14.8 Å². The fourth-order valence-corrected chi connectivity index (χ4v) is 6.37. The van der Waals surface area contributed by atoms with Crippen molar-refractivity contribution in [2.75, 3.05) is 26.2 Å². The SMILES string of the molecule is CC1(C)Cc2cc(-c3ccc(OCC4CC4)c(Cl)c3)ccc2[C@@H]1NC(=O)O[C@H]1CN2CCC1CC2. The first-order chi connectivity index (χ1) is 16.9. The number of benzene rings is 2. The summed E-state index contributed by atoms with van der Waals surface area (Å²) < 4.78 is 11.8. The summed E-state index contributed by atoms with van der Waals surface area (Å²) in [6.45, 7) is 8.34. The number of amides is 1. The first-order valence-corrected chi connectivity index (χ1v) is 13.5. The van der Waals surface area contributed by atoms with Gasteiger partial charge in [-0.15, -0.1) is 0 Å². The van der Waals surface area contributed by atoms with Crippen LogP contribution in [0.25, 0.3) is 11.1 Å². The molecule has 7 rings (SSSR count). The molecular formula is C29H35ClN2O3. The highest BCUT2D eigenvalue weighted by atomic mass is 35.5. The van der Waals surface area contributed by atoms with E-state index in [1.807, 2.05) is 12.1 Å². The zero-order valence-electron chi connectivity index (χ0n) is 20.7. The molecule has 0 unspecified atom stereocenters. The summed E-state index contributed by atoms with van der Waals surface area (Å²) in [4.78, 5) is 15.3. The minimum atomic E-state index is -0.285. The Kier molecular flexibility index (Phi) is 5.96. The third-order valence-electron chi connectivity index (χ3n) is 8.43. The molecule has 2 aromatic rings. The van der Waals surface area contributed by atoms with Crippen molar-refractivity contribution in [3.63, 3.8) is 0 Å². The van der Waals surface area contributed by atoms with E-state index in [2.05, 4.69) is 48.3 Å². The second kappa shape index (κ2) is 9.01. The minimum Gasteiger partial charge on any atom is -0.492 e. The number of nitrogens with zero attached hydrogens (tertiary/aromatic N) is 1. The molecule has 2 aliphatic carbocycles. The molecule has 4 fully saturated rings. The summed E-state index contributed by atoms with van der Waals surface area (Å²) >= 11 is 6.54. The van der Waals surface area contributed by atoms with E-state index in [9.17, 15) is 4.79 Å². The van der Waals surface area contributed by atoms with Crippen LogP contribution < -0.4 is 10.1 Å². The first kappa shape index (κ1) is 23.2. The number of carbonyl (C=O) groups excluding carboxylic acids is 1. The van der Waals surface area contributed by atoms with Crippen LogP contribution in [-0.4, -0.2) is 43.3 Å². The Morgan fingerprint density at radius 3 is 2.51 bits per heavy atom. The van der Waals surface area contributed by atoms with Gasteiger partial charge in [-0.3, -0.25) is 4.90 Å². The second-order valence-electron chi connectivity index (χ2n) is 11.6. The van der Waals surface area contributed by atoms with Crippen LogP contribution in [0.4, 0.5) is 4.79 Å².